The monoisotopic (exact) mass is 244 g/mol. The quantitative estimate of drug-likeness (QED) is 0.791. The van der Waals surface area contributed by atoms with Gasteiger partial charge in [0, 0.05) is 6.61 Å². The Morgan fingerprint density at radius 2 is 1.24 bits per heavy atom. The molecule has 0 saturated carbocycles. The molecule has 0 spiro atoms. The van der Waals surface area contributed by atoms with Gasteiger partial charge in [-0.25, -0.2) is 0 Å². The standard InChI is InChI=1S/C15H32O2/c1-12(2,3)17-15(8,9)14(6,7)13(4,5)10-11-16/h16H,10-11H2,1-9H3. The smallest absolute Gasteiger partial charge is 0.0689 e. The van der Waals surface area contributed by atoms with Crippen LogP contribution in [0, 0.1) is 10.8 Å². The maximum Gasteiger partial charge on any atom is 0.0689 e. The lowest BCUT2D eigenvalue weighted by Gasteiger charge is -2.53. The SMILES string of the molecule is CC(C)(C)OC(C)(C)C(C)(C)C(C)(C)CCO. The first-order chi connectivity index (χ1) is 7.27. The second-order valence-electron chi connectivity index (χ2n) is 7.71. The van der Waals surface area contributed by atoms with Crippen LogP contribution in [-0.2, 0) is 4.74 Å². The van der Waals surface area contributed by atoms with E-state index >= 15 is 0 Å². The molecule has 1 N–H and O–H groups in total. The summed E-state index contributed by atoms with van der Waals surface area (Å²) in [6.45, 7) is 19.7. The van der Waals surface area contributed by atoms with Crippen LogP contribution in [0.5, 0.6) is 0 Å². The summed E-state index contributed by atoms with van der Waals surface area (Å²) in [6.07, 6.45) is 0.789. The van der Waals surface area contributed by atoms with Gasteiger partial charge in [0.15, 0.2) is 0 Å². The first-order valence-corrected chi connectivity index (χ1v) is 6.58. The van der Waals surface area contributed by atoms with Crippen LogP contribution in [0.3, 0.4) is 0 Å². The molecule has 0 amide bonds. The molecular weight excluding hydrogens is 212 g/mol. The van der Waals surface area contributed by atoms with Crippen LogP contribution in [0.1, 0.15) is 68.7 Å². The van der Waals surface area contributed by atoms with Crippen molar-refractivity contribution in [3.63, 3.8) is 0 Å². The van der Waals surface area contributed by atoms with Crippen molar-refractivity contribution in [3.8, 4) is 0 Å². The number of rotatable bonds is 5. The van der Waals surface area contributed by atoms with Crippen LogP contribution in [0.2, 0.25) is 0 Å². The zero-order valence-electron chi connectivity index (χ0n) is 13.3. The summed E-state index contributed by atoms with van der Waals surface area (Å²) < 4.78 is 6.24. The molecule has 0 aliphatic rings. The predicted octanol–water partition coefficient (Wildman–Crippen LogP) is 4.01. The van der Waals surface area contributed by atoms with Gasteiger partial charge in [0.1, 0.15) is 0 Å². The molecule has 2 heteroatoms. The zero-order valence-corrected chi connectivity index (χ0v) is 13.3. The van der Waals surface area contributed by atoms with Gasteiger partial charge in [0.05, 0.1) is 11.2 Å². The van der Waals surface area contributed by atoms with E-state index in [0.717, 1.165) is 6.42 Å². The maximum atomic E-state index is 9.22. The first-order valence-electron chi connectivity index (χ1n) is 6.58. The number of aliphatic hydroxyl groups is 1. The van der Waals surface area contributed by atoms with Crippen molar-refractivity contribution >= 4 is 0 Å². The van der Waals surface area contributed by atoms with Crippen molar-refractivity contribution in [3.05, 3.63) is 0 Å². The Hall–Kier alpha value is -0.0800. The molecule has 0 bridgehead atoms. The van der Waals surface area contributed by atoms with Crippen molar-refractivity contribution in [1.82, 2.24) is 0 Å². The molecule has 0 heterocycles. The van der Waals surface area contributed by atoms with E-state index < -0.39 is 0 Å². The summed E-state index contributed by atoms with van der Waals surface area (Å²) in [4.78, 5) is 0. The summed E-state index contributed by atoms with van der Waals surface area (Å²) >= 11 is 0. The summed E-state index contributed by atoms with van der Waals surface area (Å²) in [7, 11) is 0. The summed E-state index contributed by atoms with van der Waals surface area (Å²) in [5.41, 5.74) is -0.410. The third kappa shape index (κ3) is 3.96. The molecule has 0 aromatic carbocycles. The van der Waals surface area contributed by atoms with Gasteiger partial charge in [-0.05, 0) is 51.9 Å². The normalized spacial score (nSPS) is 15.2. The van der Waals surface area contributed by atoms with E-state index in [1.165, 1.54) is 0 Å². The van der Waals surface area contributed by atoms with Crippen molar-refractivity contribution < 1.29 is 9.84 Å². The lowest BCUT2D eigenvalue weighted by atomic mass is 9.58. The highest BCUT2D eigenvalue weighted by Gasteiger charge is 2.49. The molecular formula is C15H32O2. The molecule has 0 aromatic heterocycles. The van der Waals surface area contributed by atoms with E-state index in [1.807, 2.05) is 0 Å². The molecule has 0 unspecified atom stereocenters. The third-order valence-electron chi connectivity index (χ3n) is 4.50. The third-order valence-corrected chi connectivity index (χ3v) is 4.50. The van der Waals surface area contributed by atoms with Gasteiger partial charge in [-0.15, -0.1) is 0 Å². The molecule has 0 radical (unpaired) electrons. The van der Waals surface area contributed by atoms with Gasteiger partial charge < -0.3 is 9.84 Å². The fourth-order valence-corrected chi connectivity index (χ4v) is 2.30. The maximum absolute atomic E-state index is 9.22. The molecule has 0 fully saturated rings. The summed E-state index contributed by atoms with van der Waals surface area (Å²) in [5.74, 6) is 0. The minimum atomic E-state index is -0.246. The van der Waals surface area contributed by atoms with Crippen molar-refractivity contribution in [2.75, 3.05) is 6.61 Å². The highest BCUT2D eigenvalue weighted by molar-refractivity contribution is 4.98. The van der Waals surface area contributed by atoms with Crippen LogP contribution in [-0.4, -0.2) is 22.9 Å². The number of hydrogen-bond donors (Lipinski definition) is 1. The van der Waals surface area contributed by atoms with Gasteiger partial charge in [-0.3, -0.25) is 0 Å². The number of ether oxygens (including phenoxy) is 1. The molecule has 0 saturated heterocycles. The molecule has 0 aliphatic carbocycles. The summed E-state index contributed by atoms with van der Waals surface area (Å²) in [6, 6.07) is 0. The highest BCUT2D eigenvalue weighted by Crippen LogP contribution is 2.51. The van der Waals surface area contributed by atoms with E-state index in [-0.39, 0.29) is 28.6 Å². The Bertz CT molecular complexity index is 244. The van der Waals surface area contributed by atoms with Crippen molar-refractivity contribution in [2.45, 2.75) is 79.9 Å². The fourth-order valence-electron chi connectivity index (χ4n) is 2.30. The van der Waals surface area contributed by atoms with Crippen LogP contribution in [0.25, 0.3) is 0 Å². The molecule has 0 rings (SSSR count). The first kappa shape index (κ1) is 16.9. The average Bonchev–Trinajstić information content (AvgIpc) is 1.98. The minimum Gasteiger partial charge on any atom is -0.396 e. The lowest BCUT2D eigenvalue weighted by Crippen LogP contribution is -2.53. The van der Waals surface area contributed by atoms with Gasteiger partial charge in [0.2, 0.25) is 0 Å². The van der Waals surface area contributed by atoms with Gasteiger partial charge in [-0.1, -0.05) is 27.7 Å². The minimum absolute atomic E-state index is 0.0243. The molecule has 0 atom stereocenters. The Morgan fingerprint density at radius 3 is 1.53 bits per heavy atom. The summed E-state index contributed by atoms with van der Waals surface area (Å²) in [5, 5.41) is 9.22. The van der Waals surface area contributed by atoms with Crippen LogP contribution >= 0.6 is 0 Å². The largest absolute Gasteiger partial charge is 0.396 e. The second-order valence-corrected chi connectivity index (χ2v) is 7.71. The molecule has 17 heavy (non-hydrogen) atoms. The van der Waals surface area contributed by atoms with E-state index in [4.69, 9.17) is 4.74 Å². The van der Waals surface area contributed by atoms with Crippen LogP contribution < -0.4 is 0 Å². The number of hydrogen-bond acceptors (Lipinski definition) is 2. The van der Waals surface area contributed by atoms with Crippen LogP contribution in [0.15, 0.2) is 0 Å². The molecule has 0 aromatic rings. The molecule has 2 nitrogen and oxygen atoms in total. The van der Waals surface area contributed by atoms with E-state index in [0.29, 0.717) is 0 Å². The Morgan fingerprint density at radius 1 is 0.824 bits per heavy atom. The average molecular weight is 244 g/mol. The Balaban J connectivity index is 5.15. The van der Waals surface area contributed by atoms with Crippen molar-refractivity contribution in [1.29, 1.82) is 0 Å². The Kier molecular flexibility index (Phi) is 4.87. The lowest BCUT2D eigenvalue weighted by molar-refractivity contribution is -0.199. The second kappa shape index (κ2) is 4.89. The predicted molar refractivity (Wildman–Crippen MR) is 74.2 cm³/mol. The van der Waals surface area contributed by atoms with E-state index in [1.54, 1.807) is 0 Å². The van der Waals surface area contributed by atoms with E-state index in [2.05, 4.69) is 62.3 Å². The number of aliphatic hydroxyl groups excluding tert-OH is 1. The zero-order chi connectivity index (χ0) is 14.1. The highest BCUT2D eigenvalue weighted by atomic mass is 16.5. The topological polar surface area (TPSA) is 29.5 Å². The molecule has 104 valence electrons. The van der Waals surface area contributed by atoms with Crippen LogP contribution in [0.4, 0.5) is 0 Å². The van der Waals surface area contributed by atoms with Gasteiger partial charge >= 0.3 is 0 Å². The Labute approximate surface area is 108 Å². The van der Waals surface area contributed by atoms with Crippen molar-refractivity contribution in [2.24, 2.45) is 10.8 Å². The van der Waals surface area contributed by atoms with Gasteiger partial charge in [0.25, 0.3) is 0 Å². The van der Waals surface area contributed by atoms with Gasteiger partial charge in [-0.2, -0.15) is 0 Å². The fraction of sp³-hybridized carbons (Fsp3) is 1.00. The molecule has 0 aliphatic heterocycles. The van der Waals surface area contributed by atoms with E-state index in [9.17, 15) is 5.11 Å².